The topological polar surface area (TPSA) is 20.2 Å². The summed E-state index contributed by atoms with van der Waals surface area (Å²) in [5.41, 5.74) is 0. The van der Waals surface area contributed by atoms with Gasteiger partial charge in [0.1, 0.15) is 0 Å². The Morgan fingerprint density at radius 2 is 1.77 bits per heavy atom. The predicted molar refractivity (Wildman–Crippen MR) is 58.6 cm³/mol. The van der Waals surface area contributed by atoms with Crippen LogP contribution in [0.5, 0.6) is 0 Å². The van der Waals surface area contributed by atoms with Crippen molar-refractivity contribution in [2.45, 2.75) is 71.3 Å². The summed E-state index contributed by atoms with van der Waals surface area (Å²) in [6.07, 6.45) is 11.5. The molecular formula is C12H25O. The molecule has 0 bridgehead atoms. The molecule has 79 valence electrons. The quantitative estimate of drug-likeness (QED) is 0.543. The van der Waals surface area contributed by atoms with Crippen molar-refractivity contribution in [2.75, 3.05) is 0 Å². The summed E-state index contributed by atoms with van der Waals surface area (Å²) in [5, 5.41) is 9.52. The molecule has 1 N–H and O–H groups in total. The van der Waals surface area contributed by atoms with Crippen molar-refractivity contribution < 1.29 is 5.11 Å². The highest BCUT2D eigenvalue weighted by atomic mass is 16.3. The fraction of sp³-hybridized carbons (Fsp3) is 0.917. The van der Waals surface area contributed by atoms with Crippen LogP contribution in [-0.2, 0) is 0 Å². The zero-order valence-corrected chi connectivity index (χ0v) is 9.26. The minimum absolute atomic E-state index is 0.0576. The number of unbranched alkanes of at least 4 members (excludes halogenated alkanes) is 5. The summed E-state index contributed by atoms with van der Waals surface area (Å²) >= 11 is 0. The Morgan fingerprint density at radius 1 is 1.08 bits per heavy atom. The van der Waals surface area contributed by atoms with Gasteiger partial charge in [-0.1, -0.05) is 46.0 Å². The van der Waals surface area contributed by atoms with Crippen LogP contribution in [0.15, 0.2) is 0 Å². The molecule has 0 amide bonds. The van der Waals surface area contributed by atoms with E-state index in [2.05, 4.69) is 13.3 Å². The first-order valence-corrected chi connectivity index (χ1v) is 5.77. The van der Waals surface area contributed by atoms with Gasteiger partial charge >= 0.3 is 0 Å². The number of rotatable bonds is 9. The number of hydrogen-bond donors (Lipinski definition) is 1. The predicted octanol–water partition coefficient (Wildman–Crippen LogP) is 3.71. The van der Waals surface area contributed by atoms with Gasteiger partial charge in [0.25, 0.3) is 0 Å². The van der Waals surface area contributed by atoms with Crippen molar-refractivity contribution in [1.29, 1.82) is 0 Å². The molecule has 0 saturated heterocycles. The molecule has 0 aromatic rings. The van der Waals surface area contributed by atoms with Gasteiger partial charge in [-0.2, -0.15) is 0 Å². The molecular weight excluding hydrogens is 160 g/mol. The van der Waals surface area contributed by atoms with Crippen LogP contribution in [0.2, 0.25) is 0 Å². The van der Waals surface area contributed by atoms with Gasteiger partial charge < -0.3 is 5.11 Å². The minimum Gasteiger partial charge on any atom is -0.393 e. The van der Waals surface area contributed by atoms with Crippen LogP contribution >= 0.6 is 0 Å². The monoisotopic (exact) mass is 185 g/mol. The zero-order chi connectivity index (χ0) is 9.94. The highest BCUT2D eigenvalue weighted by molar-refractivity contribution is 4.62. The molecule has 1 nitrogen and oxygen atoms in total. The van der Waals surface area contributed by atoms with E-state index >= 15 is 0 Å². The first-order chi connectivity index (χ1) is 6.31. The molecule has 0 aliphatic carbocycles. The molecule has 0 aliphatic heterocycles. The SMILES string of the molecule is C[CH]CCC(O)CCCCCCC. The molecule has 0 saturated carbocycles. The Hall–Kier alpha value is -0.0400. The molecule has 1 atom stereocenters. The summed E-state index contributed by atoms with van der Waals surface area (Å²) in [4.78, 5) is 0. The van der Waals surface area contributed by atoms with Gasteiger partial charge in [-0.15, -0.1) is 0 Å². The minimum atomic E-state index is -0.0576. The maximum absolute atomic E-state index is 9.52. The van der Waals surface area contributed by atoms with Crippen LogP contribution in [0.1, 0.15) is 65.2 Å². The maximum atomic E-state index is 9.52. The van der Waals surface area contributed by atoms with Crippen LogP contribution in [-0.4, -0.2) is 11.2 Å². The van der Waals surface area contributed by atoms with E-state index in [-0.39, 0.29) is 6.10 Å². The van der Waals surface area contributed by atoms with Gasteiger partial charge in [0.05, 0.1) is 6.10 Å². The van der Waals surface area contributed by atoms with Crippen molar-refractivity contribution in [3.8, 4) is 0 Å². The Morgan fingerprint density at radius 3 is 2.38 bits per heavy atom. The first kappa shape index (κ1) is 13.0. The van der Waals surface area contributed by atoms with Gasteiger partial charge in [-0.25, -0.2) is 0 Å². The maximum Gasteiger partial charge on any atom is 0.0540 e. The van der Waals surface area contributed by atoms with E-state index in [9.17, 15) is 5.11 Å². The van der Waals surface area contributed by atoms with Crippen molar-refractivity contribution >= 4 is 0 Å². The Bertz CT molecular complexity index is 91.1. The van der Waals surface area contributed by atoms with Crippen molar-refractivity contribution in [3.05, 3.63) is 6.42 Å². The van der Waals surface area contributed by atoms with Gasteiger partial charge in [0.15, 0.2) is 0 Å². The second kappa shape index (κ2) is 10.0. The van der Waals surface area contributed by atoms with Gasteiger partial charge in [0, 0.05) is 0 Å². The van der Waals surface area contributed by atoms with E-state index in [0.717, 1.165) is 19.3 Å². The summed E-state index contributed by atoms with van der Waals surface area (Å²) in [6, 6.07) is 0. The molecule has 1 radical (unpaired) electrons. The Kier molecular flexibility index (Phi) is 10.0. The smallest absolute Gasteiger partial charge is 0.0540 e. The lowest BCUT2D eigenvalue weighted by Gasteiger charge is -2.08. The normalized spacial score (nSPS) is 13.2. The highest BCUT2D eigenvalue weighted by Crippen LogP contribution is 2.10. The lowest BCUT2D eigenvalue weighted by Crippen LogP contribution is -2.05. The van der Waals surface area contributed by atoms with E-state index in [0.29, 0.717) is 0 Å². The van der Waals surface area contributed by atoms with Gasteiger partial charge in [0.2, 0.25) is 0 Å². The van der Waals surface area contributed by atoms with E-state index in [4.69, 9.17) is 0 Å². The highest BCUT2D eigenvalue weighted by Gasteiger charge is 2.02. The van der Waals surface area contributed by atoms with Crippen molar-refractivity contribution in [2.24, 2.45) is 0 Å². The van der Waals surface area contributed by atoms with Crippen molar-refractivity contribution in [1.82, 2.24) is 0 Å². The average Bonchev–Trinajstić information content (AvgIpc) is 2.14. The molecule has 0 aromatic carbocycles. The zero-order valence-electron chi connectivity index (χ0n) is 9.26. The lowest BCUT2D eigenvalue weighted by atomic mass is 10.0. The third-order valence-electron chi connectivity index (χ3n) is 2.43. The van der Waals surface area contributed by atoms with Gasteiger partial charge in [-0.3, -0.25) is 0 Å². The van der Waals surface area contributed by atoms with E-state index in [1.54, 1.807) is 0 Å². The molecule has 0 aliphatic rings. The molecule has 1 unspecified atom stereocenters. The summed E-state index contributed by atoms with van der Waals surface area (Å²) < 4.78 is 0. The number of aliphatic hydroxyl groups is 1. The number of hydrogen-bond acceptors (Lipinski definition) is 1. The van der Waals surface area contributed by atoms with Crippen LogP contribution in [0.25, 0.3) is 0 Å². The fourth-order valence-corrected chi connectivity index (χ4v) is 1.49. The van der Waals surface area contributed by atoms with Crippen LogP contribution in [0, 0.1) is 6.42 Å². The summed E-state index contributed by atoms with van der Waals surface area (Å²) in [6.45, 7) is 4.28. The summed E-state index contributed by atoms with van der Waals surface area (Å²) in [7, 11) is 0. The Labute approximate surface area is 83.5 Å². The van der Waals surface area contributed by atoms with Crippen LogP contribution in [0.4, 0.5) is 0 Å². The van der Waals surface area contributed by atoms with Gasteiger partial charge in [-0.05, 0) is 25.7 Å². The molecule has 13 heavy (non-hydrogen) atoms. The largest absolute Gasteiger partial charge is 0.393 e. The molecule has 0 fully saturated rings. The average molecular weight is 185 g/mol. The number of aliphatic hydroxyl groups excluding tert-OH is 1. The molecule has 0 aromatic heterocycles. The van der Waals surface area contributed by atoms with Crippen LogP contribution < -0.4 is 0 Å². The lowest BCUT2D eigenvalue weighted by molar-refractivity contribution is 0.151. The fourth-order valence-electron chi connectivity index (χ4n) is 1.49. The van der Waals surface area contributed by atoms with Crippen LogP contribution in [0.3, 0.4) is 0 Å². The molecule has 0 spiro atoms. The molecule has 1 heteroatoms. The summed E-state index contributed by atoms with van der Waals surface area (Å²) in [5.74, 6) is 0. The third kappa shape index (κ3) is 9.88. The van der Waals surface area contributed by atoms with E-state index in [1.165, 1.54) is 32.1 Å². The standard InChI is InChI=1S/C12H25O/c1-3-5-7-8-9-11-12(13)10-6-4-2/h4,12-13H,3,5-11H2,1-2H3. The Balaban J connectivity index is 3.03. The van der Waals surface area contributed by atoms with Crippen molar-refractivity contribution in [3.63, 3.8) is 0 Å². The second-order valence-electron chi connectivity index (χ2n) is 3.84. The molecule has 0 rings (SSSR count). The third-order valence-corrected chi connectivity index (χ3v) is 2.43. The first-order valence-electron chi connectivity index (χ1n) is 5.77. The second-order valence-corrected chi connectivity index (χ2v) is 3.84. The van der Waals surface area contributed by atoms with E-state index < -0.39 is 0 Å². The van der Waals surface area contributed by atoms with E-state index in [1.807, 2.05) is 6.92 Å². The molecule has 0 heterocycles.